The molecular formula is C26H30N6O3. The number of aromatic nitrogens is 5. The molecule has 1 saturated heterocycles. The molecule has 4 aromatic rings. The van der Waals surface area contributed by atoms with E-state index in [1.165, 1.54) is 0 Å². The molecule has 35 heavy (non-hydrogen) atoms. The molecule has 5 heterocycles. The second-order valence-electron chi connectivity index (χ2n) is 10.9. The van der Waals surface area contributed by atoms with Gasteiger partial charge in [0, 0.05) is 36.5 Å². The summed E-state index contributed by atoms with van der Waals surface area (Å²) in [6, 6.07) is 4.03. The zero-order valence-corrected chi connectivity index (χ0v) is 21.0. The van der Waals surface area contributed by atoms with E-state index in [1.54, 1.807) is 7.11 Å². The van der Waals surface area contributed by atoms with Crippen LogP contribution in [0.4, 0.5) is 4.79 Å². The van der Waals surface area contributed by atoms with E-state index >= 15 is 0 Å². The van der Waals surface area contributed by atoms with Crippen LogP contribution in [0.1, 0.15) is 44.3 Å². The molecule has 0 bridgehead atoms. The minimum absolute atomic E-state index is 0.114. The highest BCUT2D eigenvalue weighted by Gasteiger charge is 2.63. The van der Waals surface area contributed by atoms with Crippen molar-refractivity contribution in [1.82, 2.24) is 28.9 Å². The maximum absolute atomic E-state index is 12.6. The van der Waals surface area contributed by atoms with Gasteiger partial charge in [-0.2, -0.15) is 5.10 Å². The van der Waals surface area contributed by atoms with Crippen molar-refractivity contribution in [1.29, 1.82) is 0 Å². The van der Waals surface area contributed by atoms with Crippen molar-refractivity contribution in [3.8, 4) is 17.0 Å². The van der Waals surface area contributed by atoms with Gasteiger partial charge in [-0.05, 0) is 59.1 Å². The largest absolute Gasteiger partial charge is 0.493 e. The number of carbonyl (C=O) groups is 1. The quantitative estimate of drug-likeness (QED) is 0.443. The fourth-order valence-corrected chi connectivity index (χ4v) is 5.37. The predicted octanol–water partition coefficient (Wildman–Crippen LogP) is 4.18. The highest BCUT2D eigenvalue weighted by molar-refractivity contribution is 5.72. The van der Waals surface area contributed by atoms with Gasteiger partial charge in [-0.3, -0.25) is 4.98 Å². The molecule has 9 nitrogen and oxygen atoms in total. The number of hydrogen-bond donors (Lipinski definition) is 0. The molecule has 1 saturated carbocycles. The standard InChI is InChI=1S/C26H30N6O3/c1-15-10-32-20(16(2)27-15)8-19(29-32)17-7-21(34-6)23-28-22(13-30(23)11-17)26-9-18(26)12-31(14-26)24(33)35-25(3,4)5/h7-8,10-11,13,18H,9,12,14H2,1-6H3. The summed E-state index contributed by atoms with van der Waals surface area (Å²) in [5, 5.41) is 4.78. The number of aryl methyl sites for hydroxylation is 2. The molecule has 2 aliphatic rings. The number of rotatable bonds is 3. The average molecular weight is 475 g/mol. The van der Waals surface area contributed by atoms with Crippen LogP contribution in [0.3, 0.4) is 0 Å². The summed E-state index contributed by atoms with van der Waals surface area (Å²) in [5.41, 5.74) is 5.76. The third-order valence-electron chi connectivity index (χ3n) is 7.10. The van der Waals surface area contributed by atoms with Gasteiger partial charge in [0.15, 0.2) is 11.4 Å². The number of piperidine rings is 1. The fraction of sp³-hybridized carbons (Fsp3) is 0.462. The molecule has 0 spiro atoms. The van der Waals surface area contributed by atoms with E-state index in [0.29, 0.717) is 24.8 Å². The van der Waals surface area contributed by atoms with Crippen molar-refractivity contribution in [3.63, 3.8) is 0 Å². The average Bonchev–Trinajstić information content (AvgIpc) is 3.17. The molecule has 9 heteroatoms. The normalized spacial score (nSPS) is 21.5. The minimum Gasteiger partial charge on any atom is -0.493 e. The van der Waals surface area contributed by atoms with Crippen molar-refractivity contribution < 1.29 is 14.3 Å². The Hall–Kier alpha value is -3.62. The highest BCUT2D eigenvalue weighted by atomic mass is 16.6. The molecule has 6 rings (SSSR count). The van der Waals surface area contributed by atoms with Gasteiger partial charge in [-0.25, -0.2) is 14.3 Å². The first-order valence-corrected chi connectivity index (χ1v) is 12.0. The van der Waals surface area contributed by atoms with Crippen LogP contribution in [0.5, 0.6) is 5.75 Å². The van der Waals surface area contributed by atoms with Gasteiger partial charge in [0.2, 0.25) is 0 Å². The Bertz CT molecular complexity index is 1500. The van der Waals surface area contributed by atoms with Crippen LogP contribution in [-0.2, 0) is 10.2 Å². The lowest BCUT2D eigenvalue weighted by atomic mass is 10.0. The summed E-state index contributed by atoms with van der Waals surface area (Å²) >= 11 is 0. The summed E-state index contributed by atoms with van der Waals surface area (Å²) in [4.78, 5) is 24.0. The topological polar surface area (TPSA) is 86.3 Å². The van der Waals surface area contributed by atoms with E-state index in [0.717, 1.165) is 45.9 Å². The summed E-state index contributed by atoms with van der Waals surface area (Å²) in [6.07, 6.45) is 6.83. The molecule has 1 aliphatic carbocycles. The molecule has 0 aromatic carbocycles. The SMILES string of the molecule is COc1cc(-c2cc3c(C)nc(C)cn3n2)cn2cc(C34CC3CN(C(=O)OC(C)(C)C)C4)nc12. The lowest BCUT2D eigenvalue weighted by Crippen LogP contribution is -2.37. The zero-order valence-electron chi connectivity index (χ0n) is 21.0. The van der Waals surface area contributed by atoms with Crippen LogP contribution in [0.15, 0.2) is 30.7 Å². The van der Waals surface area contributed by atoms with Crippen LogP contribution in [-0.4, -0.2) is 60.8 Å². The van der Waals surface area contributed by atoms with E-state index in [2.05, 4.69) is 11.2 Å². The number of methoxy groups -OCH3 is 1. The van der Waals surface area contributed by atoms with Crippen LogP contribution >= 0.6 is 0 Å². The van der Waals surface area contributed by atoms with Gasteiger partial charge in [0.05, 0.1) is 41.6 Å². The molecule has 4 aromatic heterocycles. The lowest BCUT2D eigenvalue weighted by molar-refractivity contribution is 0.0270. The number of imidazole rings is 1. The first-order chi connectivity index (χ1) is 16.6. The fourth-order valence-electron chi connectivity index (χ4n) is 5.37. The summed E-state index contributed by atoms with van der Waals surface area (Å²) in [5.74, 6) is 1.09. The zero-order chi connectivity index (χ0) is 24.7. The number of hydrogen-bond acceptors (Lipinski definition) is 6. The molecule has 182 valence electrons. The predicted molar refractivity (Wildman–Crippen MR) is 131 cm³/mol. The van der Waals surface area contributed by atoms with Gasteiger partial charge in [-0.1, -0.05) is 0 Å². The van der Waals surface area contributed by atoms with E-state index in [1.807, 2.05) is 73.0 Å². The van der Waals surface area contributed by atoms with E-state index in [9.17, 15) is 4.79 Å². The second kappa shape index (κ2) is 7.19. The van der Waals surface area contributed by atoms with Crippen molar-refractivity contribution >= 4 is 17.3 Å². The van der Waals surface area contributed by atoms with Gasteiger partial charge < -0.3 is 18.8 Å². The Morgan fingerprint density at radius 3 is 2.69 bits per heavy atom. The van der Waals surface area contributed by atoms with Gasteiger partial charge in [-0.15, -0.1) is 0 Å². The van der Waals surface area contributed by atoms with Crippen molar-refractivity contribution in [2.24, 2.45) is 5.92 Å². The Morgan fingerprint density at radius 2 is 1.94 bits per heavy atom. The van der Waals surface area contributed by atoms with Crippen molar-refractivity contribution in [3.05, 3.63) is 47.8 Å². The van der Waals surface area contributed by atoms with Gasteiger partial charge in [0.25, 0.3) is 0 Å². The van der Waals surface area contributed by atoms with Crippen LogP contribution in [0.25, 0.3) is 22.4 Å². The second-order valence-corrected chi connectivity index (χ2v) is 10.9. The van der Waals surface area contributed by atoms with Gasteiger partial charge in [0.1, 0.15) is 5.60 Å². The number of fused-ring (bicyclic) bond motifs is 3. The Kier molecular flexibility index (Phi) is 4.50. The van der Waals surface area contributed by atoms with E-state index in [-0.39, 0.29) is 11.5 Å². The monoisotopic (exact) mass is 474 g/mol. The van der Waals surface area contributed by atoms with E-state index in [4.69, 9.17) is 19.6 Å². The first-order valence-electron chi connectivity index (χ1n) is 12.0. The number of amides is 1. The molecule has 0 radical (unpaired) electrons. The number of pyridine rings is 1. The molecule has 0 N–H and O–H groups in total. The molecular weight excluding hydrogens is 444 g/mol. The molecule has 1 aliphatic heterocycles. The van der Waals surface area contributed by atoms with Crippen LogP contribution in [0.2, 0.25) is 0 Å². The molecule has 2 fully saturated rings. The third kappa shape index (κ3) is 3.52. The van der Waals surface area contributed by atoms with Gasteiger partial charge >= 0.3 is 6.09 Å². The Labute approximate surface area is 203 Å². The Morgan fingerprint density at radius 1 is 1.14 bits per heavy atom. The number of ether oxygens (including phenoxy) is 2. The molecule has 2 atom stereocenters. The highest BCUT2D eigenvalue weighted by Crippen LogP contribution is 2.59. The summed E-state index contributed by atoms with van der Waals surface area (Å²) in [6.45, 7) is 11.0. The maximum atomic E-state index is 12.6. The smallest absolute Gasteiger partial charge is 0.410 e. The Balaban J connectivity index is 1.35. The number of nitrogens with zero attached hydrogens (tertiary/aromatic N) is 6. The maximum Gasteiger partial charge on any atom is 0.410 e. The number of likely N-dealkylation sites (tertiary alicyclic amines) is 1. The minimum atomic E-state index is -0.505. The summed E-state index contributed by atoms with van der Waals surface area (Å²) in [7, 11) is 1.66. The first kappa shape index (κ1) is 21.9. The lowest BCUT2D eigenvalue weighted by Gasteiger charge is -2.26. The molecule has 2 unspecified atom stereocenters. The molecule has 1 amide bonds. The van der Waals surface area contributed by atoms with E-state index < -0.39 is 5.60 Å². The van der Waals surface area contributed by atoms with Crippen molar-refractivity contribution in [2.45, 2.75) is 52.1 Å². The third-order valence-corrected chi connectivity index (χ3v) is 7.10. The van der Waals surface area contributed by atoms with Crippen LogP contribution < -0.4 is 4.74 Å². The number of carbonyl (C=O) groups excluding carboxylic acids is 1. The van der Waals surface area contributed by atoms with Crippen LogP contribution in [0, 0.1) is 19.8 Å². The van der Waals surface area contributed by atoms with Crippen molar-refractivity contribution in [2.75, 3.05) is 20.2 Å². The summed E-state index contributed by atoms with van der Waals surface area (Å²) < 4.78 is 15.2.